The van der Waals surface area contributed by atoms with Crippen LogP contribution in [0.4, 0.5) is 8.78 Å². The first kappa shape index (κ1) is 12.6. The van der Waals surface area contributed by atoms with Crippen molar-refractivity contribution >= 4 is 34.8 Å². The average molecular weight is 294 g/mol. The molecule has 0 amide bonds. The summed E-state index contributed by atoms with van der Waals surface area (Å²) in [6.45, 7) is 0. The van der Waals surface area contributed by atoms with Crippen LogP contribution in [0.2, 0.25) is 15.1 Å². The van der Waals surface area contributed by atoms with E-state index in [0.717, 1.165) is 6.07 Å². The van der Waals surface area contributed by atoms with Crippen molar-refractivity contribution in [3.63, 3.8) is 0 Å². The summed E-state index contributed by atoms with van der Waals surface area (Å²) in [5, 5.41) is 0.167. The van der Waals surface area contributed by atoms with Crippen LogP contribution in [0.5, 0.6) is 0 Å². The molecule has 0 spiro atoms. The molecule has 0 fully saturated rings. The highest BCUT2D eigenvalue weighted by Crippen LogP contribution is 2.35. The van der Waals surface area contributed by atoms with Gasteiger partial charge in [-0.2, -0.15) is 0 Å². The van der Waals surface area contributed by atoms with Crippen molar-refractivity contribution in [1.29, 1.82) is 0 Å². The zero-order valence-electron chi connectivity index (χ0n) is 8.28. The summed E-state index contributed by atoms with van der Waals surface area (Å²) < 4.78 is 26.8. The molecule has 17 heavy (non-hydrogen) atoms. The molecule has 0 aromatic heterocycles. The molecule has 0 saturated heterocycles. The maximum Gasteiger partial charge on any atom is 0.152 e. The third-order valence-corrected chi connectivity index (χ3v) is 3.15. The van der Waals surface area contributed by atoms with Gasteiger partial charge >= 0.3 is 0 Å². The van der Waals surface area contributed by atoms with Crippen molar-refractivity contribution in [2.45, 2.75) is 0 Å². The standard InChI is InChI=1S/C12H5Cl3F2/c13-6-1-2-7(9(14)5-6)8-3-4-10(16)11(15)12(8)17/h1-5H. The minimum Gasteiger partial charge on any atom is -0.205 e. The Morgan fingerprint density at radius 3 is 2.12 bits per heavy atom. The van der Waals surface area contributed by atoms with E-state index in [2.05, 4.69) is 0 Å². The van der Waals surface area contributed by atoms with Gasteiger partial charge in [0.25, 0.3) is 0 Å². The molecule has 88 valence electrons. The van der Waals surface area contributed by atoms with E-state index in [4.69, 9.17) is 34.8 Å². The maximum absolute atomic E-state index is 13.8. The van der Waals surface area contributed by atoms with Gasteiger partial charge in [-0.1, -0.05) is 40.9 Å². The van der Waals surface area contributed by atoms with Gasteiger partial charge in [0.2, 0.25) is 0 Å². The molecular formula is C12H5Cl3F2. The van der Waals surface area contributed by atoms with Crippen LogP contribution >= 0.6 is 34.8 Å². The quantitative estimate of drug-likeness (QED) is 0.601. The maximum atomic E-state index is 13.8. The van der Waals surface area contributed by atoms with Gasteiger partial charge in [-0.25, -0.2) is 8.78 Å². The van der Waals surface area contributed by atoms with Gasteiger partial charge in [0, 0.05) is 21.2 Å². The second-order valence-corrected chi connectivity index (χ2v) is 4.57. The van der Waals surface area contributed by atoms with E-state index < -0.39 is 16.7 Å². The Morgan fingerprint density at radius 2 is 1.47 bits per heavy atom. The Hall–Kier alpha value is -0.830. The Bertz CT molecular complexity index is 582. The molecule has 2 aromatic rings. The lowest BCUT2D eigenvalue weighted by atomic mass is 10.1. The zero-order valence-corrected chi connectivity index (χ0v) is 10.5. The van der Waals surface area contributed by atoms with E-state index in [9.17, 15) is 8.78 Å². The van der Waals surface area contributed by atoms with E-state index >= 15 is 0 Å². The highest BCUT2D eigenvalue weighted by molar-refractivity contribution is 6.36. The monoisotopic (exact) mass is 292 g/mol. The number of benzene rings is 2. The Labute approximate surface area is 112 Å². The van der Waals surface area contributed by atoms with Gasteiger partial charge in [-0.3, -0.25) is 0 Å². The van der Waals surface area contributed by atoms with Crippen molar-refractivity contribution in [1.82, 2.24) is 0 Å². The zero-order chi connectivity index (χ0) is 12.6. The summed E-state index contributed by atoms with van der Waals surface area (Å²) in [4.78, 5) is 0. The molecular weight excluding hydrogens is 288 g/mol. The second kappa shape index (κ2) is 4.81. The van der Waals surface area contributed by atoms with Crippen LogP contribution in [0.1, 0.15) is 0 Å². The Balaban J connectivity index is 2.65. The van der Waals surface area contributed by atoms with Gasteiger partial charge in [-0.15, -0.1) is 0 Å². The van der Waals surface area contributed by atoms with Crippen LogP contribution in [-0.2, 0) is 0 Å². The van der Waals surface area contributed by atoms with Crippen molar-refractivity contribution in [2.24, 2.45) is 0 Å². The summed E-state index contributed by atoms with van der Waals surface area (Å²) in [6.07, 6.45) is 0. The smallest absolute Gasteiger partial charge is 0.152 e. The minimum absolute atomic E-state index is 0.137. The average Bonchev–Trinajstić information content (AvgIpc) is 2.28. The van der Waals surface area contributed by atoms with Gasteiger partial charge < -0.3 is 0 Å². The van der Waals surface area contributed by atoms with Gasteiger partial charge in [0.05, 0.1) is 0 Å². The Kier molecular flexibility index (Phi) is 3.57. The lowest BCUT2D eigenvalue weighted by Crippen LogP contribution is -1.90. The fraction of sp³-hybridized carbons (Fsp3) is 0. The van der Waals surface area contributed by atoms with E-state index in [0.29, 0.717) is 10.6 Å². The molecule has 2 rings (SSSR count). The lowest BCUT2D eigenvalue weighted by molar-refractivity contribution is 0.586. The van der Waals surface area contributed by atoms with Crippen LogP contribution in [0, 0.1) is 11.6 Å². The topological polar surface area (TPSA) is 0 Å². The van der Waals surface area contributed by atoms with Crippen molar-refractivity contribution < 1.29 is 8.78 Å². The van der Waals surface area contributed by atoms with E-state index in [1.54, 1.807) is 12.1 Å². The normalized spacial score (nSPS) is 10.6. The van der Waals surface area contributed by atoms with Gasteiger partial charge in [0.15, 0.2) is 5.82 Å². The van der Waals surface area contributed by atoms with Crippen molar-refractivity contribution in [2.75, 3.05) is 0 Å². The molecule has 0 heterocycles. The molecule has 0 radical (unpaired) electrons. The molecule has 0 nitrogen and oxygen atoms in total. The minimum atomic E-state index is -0.837. The van der Waals surface area contributed by atoms with Crippen LogP contribution in [0.15, 0.2) is 30.3 Å². The molecule has 0 aliphatic heterocycles. The predicted molar refractivity (Wildman–Crippen MR) is 66.8 cm³/mol. The van der Waals surface area contributed by atoms with Crippen LogP contribution in [0.25, 0.3) is 11.1 Å². The highest BCUT2D eigenvalue weighted by Gasteiger charge is 2.15. The van der Waals surface area contributed by atoms with Crippen LogP contribution < -0.4 is 0 Å². The Morgan fingerprint density at radius 1 is 0.824 bits per heavy atom. The van der Waals surface area contributed by atoms with Crippen LogP contribution in [0.3, 0.4) is 0 Å². The van der Waals surface area contributed by atoms with E-state index in [-0.39, 0.29) is 10.6 Å². The van der Waals surface area contributed by atoms with Crippen molar-refractivity contribution in [3.05, 3.63) is 57.0 Å². The van der Waals surface area contributed by atoms with Crippen LogP contribution in [-0.4, -0.2) is 0 Å². The van der Waals surface area contributed by atoms with E-state index in [1.165, 1.54) is 12.1 Å². The molecule has 0 saturated carbocycles. The van der Waals surface area contributed by atoms with Crippen molar-refractivity contribution in [3.8, 4) is 11.1 Å². The fourth-order valence-corrected chi connectivity index (χ4v) is 2.12. The number of rotatable bonds is 1. The number of hydrogen-bond donors (Lipinski definition) is 0. The molecule has 2 aromatic carbocycles. The summed E-state index contributed by atoms with van der Waals surface area (Å²) in [7, 11) is 0. The highest BCUT2D eigenvalue weighted by atomic mass is 35.5. The first-order chi connectivity index (χ1) is 8.00. The number of hydrogen-bond acceptors (Lipinski definition) is 0. The molecule has 0 aliphatic carbocycles. The van der Waals surface area contributed by atoms with Gasteiger partial charge in [-0.05, 0) is 24.3 Å². The molecule has 5 heteroatoms. The molecule has 0 aliphatic rings. The first-order valence-corrected chi connectivity index (χ1v) is 5.73. The summed E-state index contributed by atoms with van der Waals surface area (Å²) in [6, 6.07) is 6.98. The SMILES string of the molecule is Fc1ccc(-c2ccc(Cl)cc2Cl)c(F)c1Cl. The molecule has 0 unspecified atom stereocenters. The fourth-order valence-electron chi connectivity index (χ4n) is 1.44. The third-order valence-electron chi connectivity index (χ3n) is 2.26. The van der Waals surface area contributed by atoms with Gasteiger partial charge in [0.1, 0.15) is 10.8 Å². The molecule has 0 atom stereocenters. The summed E-state index contributed by atoms with van der Waals surface area (Å²) in [5.41, 5.74) is 0.550. The van der Waals surface area contributed by atoms with E-state index in [1.807, 2.05) is 0 Å². The largest absolute Gasteiger partial charge is 0.205 e. The third kappa shape index (κ3) is 2.39. The first-order valence-electron chi connectivity index (χ1n) is 4.59. The predicted octanol–water partition coefficient (Wildman–Crippen LogP) is 5.59. The summed E-state index contributed by atoms with van der Waals surface area (Å²) >= 11 is 17.2. The molecule has 0 bridgehead atoms. The second-order valence-electron chi connectivity index (χ2n) is 3.35. The molecule has 0 N–H and O–H groups in total. The lowest BCUT2D eigenvalue weighted by Gasteiger charge is -2.08. The number of halogens is 5. The summed E-state index contributed by atoms with van der Waals surface area (Å²) in [5.74, 6) is -1.64.